The van der Waals surface area contributed by atoms with Gasteiger partial charge in [0.15, 0.2) is 0 Å². The third kappa shape index (κ3) is 2.87. The number of hydrogen-bond acceptors (Lipinski definition) is 1. The van der Waals surface area contributed by atoms with Crippen molar-refractivity contribution in [2.75, 3.05) is 0 Å². The standard InChI is InChI=1S/C18H21NO2/c1-13(11-18(20)21)14-7-8-17-15(12-14)9-10-19(17)16-5-3-2-4-6-16/h7-12,16H,2-6H2,1H3,(H,20,21). The zero-order valence-electron chi connectivity index (χ0n) is 12.4. The zero-order chi connectivity index (χ0) is 14.8. The molecule has 1 aliphatic rings. The van der Waals surface area contributed by atoms with Gasteiger partial charge < -0.3 is 9.67 Å². The second-order valence-corrected chi connectivity index (χ2v) is 5.95. The minimum atomic E-state index is -0.896. The average molecular weight is 283 g/mol. The molecule has 1 aromatic heterocycles. The van der Waals surface area contributed by atoms with Crippen molar-refractivity contribution in [2.24, 2.45) is 0 Å². The van der Waals surface area contributed by atoms with Crippen molar-refractivity contribution in [2.45, 2.75) is 45.1 Å². The van der Waals surface area contributed by atoms with Gasteiger partial charge in [0, 0.05) is 29.2 Å². The SMILES string of the molecule is CC(=CC(=O)O)c1ccc2c(ccn2C2CCCCC2)c1. The van der Waals surface area contributed by atoms with E-state index in [1.165, 1.54) is 49.1 Å². The van der Waals surface area contributed by atoms with Gasteiger partial charge in [0.25, 0.3) is 0 Å². The number of rotatable bonds is 3. The summed E-state index contributed by atoms with van der Waals surface area (Å²) in [4.78, 5) is 10.8. The number of hydrogen-bond donors (Lipinski definition) is 1. The van der Waals surface area contributed by atoms with E-state index >= 15 is 0 Å². The lowest BCUT2D eigenvalue weighted by Gasteiger charge is -2.24. The maximum absolute atomic E-state index is 10.8. The molecule has 0 unspecified atom stereocenters. The molecule has 3 heteroatoms. The van der Waals surface area contributed by atoms with Gasteiger partial charge in [-0.2, -0.15) is 0 Å². The summed E-state index contributed by atoms with van der Waals surface area (Å²) in [6.45, 7) is 1.84. The largest absolute Gasteiger partial charge is 0.478 e. The number of carboxylic acid groups (broad SMARTS) is 1. The fraction of sp³-hybridized carbons (Fsp3) is 0.389. The second kappa shape index (κ2) is 5.76. The topological polar surface area (TPSA) is 42.2 Å². The lowest BCUT2D eigenvalue weighted by Crippen LogP contribution is -2.11. The van der Waals surface area contributed by atoms with E-state index in [1.54, 1.807) is 0 Å². The first-order chi connectivity index (χ1) is 10.1. The Labute approximate surface area is 124 Å². The Morgan fingerprint density at radius 1 is 1.24 bits per heavy atom. The van der Waals surface area contributed by atoms with E-state index in [0.717, 1.165) is 11.1 Å². The Morgan fingerprint density at radius 3 is 2.71 bits per heavy atom. The van der Waals surface area contributed by atoms with Crippen LogP contribution in [0.15, 0.2) is 36.5 Å². The maximum atomic E-state index is 10.8. The van der Waals surface area contributed by atoms with Crippen LogP contribution in [0.2, 0.25) is 0 Å². The molecular weight excluding hydrogens is 262 g/mol. The molecule has 0 aliphatic heterocycles. The van der Waals surface area contributed by atoms with E-state index in [1.807, 2.05) is 13.0 Å². The van der Waals surface area contributed by atoms with Crippen molar-refractivity contribution in [1.29, 1.82) is 0 Å². The van der Waals surface area contributed by atoms with Crippen LogP contribution >= 0.6 is 0 Å². The lowest BCUT2D eigenvalue weighted by atomic mass is 9.95. The van der Waals surface area contributed by atoms with Gasteiger partial charge in [-0.15, -0.1) is 0 Å². The molecule has 0 atom stereocenters. The van der Waals surface area contributed by atoms with Gasteiger partial charge in [0.2, 0.25) is 0 Å². The van der Waals surface area contributed by atoms with E-state index < -0.39 is 5.97 Å². The van der Waals surface area contributed by atoms with Crippen molar-refractivity contribution >= 4 is 22.4 Å². The van der Waals surface area contributed by atoms with Gasteiger partial charge in [-0.1, -0.05) is 25.3 Å². The lowest BCUT2D eigenvalue weighted by molar-refractivity contribution is -0.131. The first kappa shape index (κ1) is 13.9. The highest BCUT2D eigenvalue weighted by Gasteiger charge is 2.16. The van der Waals surface area contributed by atoms with Crippen molar-refractivity contribution < 1.29 is 9.90 Å². The van der Waals surface area contributed by atoms with E-state index in [2.05, 4.69) is 29.0 Å². The molecule has 0 saturated heterocycles. The molecule has 0 radical (unpaired) electrons. The van der Waals surface area contributed by atoms with Gasteiger partial charge in [-0.3, -0.25) is 0 Å². The number of aliphatic carboxylic acids is 1. The number of fused-ring (bicyclic) bond motifs is 1. The van der Waals surface area contributed by atoms with Crippen LogP contribution in [0.1, 0.15) is 50.6 Å². The summed E-state index contributed by atoms with van der Waals surface area (Å²) in [5.74, 6) is -0.896. The van der Waals surface area contributed by atoms with E-state index in [4.69, 9.17) is 5.11 Å². The third-order valence-electron chi connectivity index (χ3n) is 4.48. The summed E-state index contributed by atoms with van der Waals surface area (Å²) in [5.41, 5.74) is 3.02. The number of allylic oxidation sites excluding steroid dienone is 1. The predicted octanol–water partition coefficient (Wildman–Crippen LogP) is 4.63. The Balaban J connectivity index is 1.95. The van der Waals surface area contributed by atoms with Crippen LogP contribution in [0.5, 0.6) is 0 Å². The molecule has 3 rings (SSSR count). The van der Waals surface area contributed by atoms with Crippen LogP contribution in [0, 0.1) is 0 Å². The molecule has 1 aliphatic carbocycles. The molecule has 0 amide bonds. The fourth-order valence-corrected chi connectivity index (χ4v) is 3.36. The summed E-state index contributed by atoms with van der Waals surface area (Å²) >= 11 is 0. The van der Waals surface area contributed by atoms with Gasteiger partial charge in [-0.25, -0.2) is 4.79 Å². The highest BCUT2D eigenvalue weighted by molar-refractivity contribution is 5.91. The number of carboxylic acids is 1. The monoisotopic (exact) mass is 283 g/mol. The van der Waals surface area contributed by atoms with Crippen molar-refractivity contribution in [3.8, 4) is 0 Å². The molecule has 110 valence electrons. The van der Waals surface area contributed by atoms with Crippen LogP contribution < -0.4 is 0 Å². The minimum Gasteiger partial charge on any atom is -0.478 e. The molecule has 0 spiro atoms. The van der Waals surface area contributed by atoms with E-state index in [-0.39, 0.29) is 0 Å². The summed E-state index contributed by atoms with van der Waals surface area (Å²) in [6, 6.07) is 9.00. The first-order valence-electron chi connectivity index (χ1n) is 7.67. The summed E-state index contributed by atoms with van der Waals surface area (Å²) in [7, 11) is 0. The third-order valence-corrected chi connectivity index (χ3v) is 4.48. The fourth-order valence-electron chi connectivity index (χ4n) is 3.36. The number of nitrogens with zero attached hydrogens (tertiary/aromatic N) is 1. The summed E-state index contributed by atoms with van der Waals surface area (Å²) in [5, 5.41) is 10.0. The Bertz CT molecular complexity index is 690. The molecule has 1 saturated carbocycles. The Kier molecular flexibility index (Phi) is 3.82. The maximum Gasteiger partial charge on any atom is 0.328 e. The molecule has 21 heavy (non-hydrogen) atoms. The van der Waals surface area contributed by atoms with Crippen LogP contribution in [0.4, 0.5) is 0 Å². The Hall–Kier alpha value is -2.03. The first-order valence-corrected chi connectivity index (χ1v) is 7.67. The molecule has 2 aromatic rings. The molecule has 1 fully saturated rings. The van der Waals surface area contributed by atoms with Crippen molar-refractivity contribution in [3.63, 3.8) is 0 Å². The van der Waals surface area contributed by atoms with Crippen LogP contribution in [0.3, 0.4) is 0 Å². The molecule has 1 heterocycles. The van der Waals surface area contributed by atoms with E-state index in [0.29, 0.717) is 6.04 Å². The highest BCUT2D eigenvalue weighted by Crippen LogP contribution is 2.32. The van der Waals surface area contributed by atoms with Gasteiger partial charge >= 0.3 is 5.97 Å². The second-order valence-electron chi connectivity index (χ2n) is 5.95. The summed E-state index contributed by atoms with van der Waals surface area (Å²) in [6.07, 6.45) is 9.98. The molecular formula is C18H21NO2. The van der Waals surface area contributed by atoms with Gasteiger partial charge in [0.1, 0.15) is 0 Å². The average Bonchev–Trinajstić information content (AvgIpc) is 2.90. The quantitative estimate of drug-likeness (QED) is 0.834. The zero-order valence-corrected chi connectivity index (χ0v) is 12.4. The highest BCUT2D eigenvalue weighted by atomic mass is 16.4. The number of aromatic nitrogens is 1. The molecule has 1 N–H and O–H groups in total. The molecule has 3 nitrogen and oxygen atoms in total. The normalized spacial score (nSPS) is 17.3. The van der Waals surface area contributed by atoms with Crippen molar-refractivity contribution in [1.82, 2.24) is 4.57 Å². The van der Waals surface area contributed by atoms with Crippen LogP contribution in [0.25, 0.3) is 16.5 Å². The predicted molar refractivity (Wildman–Crippen MR) is 85.3 cm³/mol. The summed E-state index contributed by atoms with van der Waals surface area (Å²) < 4.78 is 2.40. The van der Waals surface area contributed by atoms with Gasteiger partial charge in [0.05, 0.1) is 0 Å². The van der Waals surface area contributed by atoms with Gasteiger partial charge in [-0.05, 0) is 49.1 Å². The smallest absolute Gasteiger partial charge is 0.328 e. The van der Waals surface area contributed by atoms with Crippen molar-refractivity contribution in [3.05, 3.63) is 42.1 Å². The van der Waals surface area contributed by atoms with E-state index in [9.17, 15) is 4.79 Å². The minimum absolute atomic E-state index is 0.623. The number of benzene rings is 1. The molecule has 1 aromatic carbocycles. The molecule has 0 bridgehead atoms. The number of carbonyl (C=O) groups is 1. The van der Waals surface area contributed by atoms with Crippen LogP contribution in [-0.4, -0.2) is 15.6 Å². The Morgan fingerprint density at radius 2 is 2.00 bits per heavy atom. The van der Waals surface area contributed by atoms with Crippen LogP contribution in [-0.2, 0) is 4.79 Å².